The molecule has 0 bridgehead atoms. The predicted octanol–water partition coefficient (Wildman–Crippen LogP) is 4.26. The molecule has 0 saturated heterocycles. The average molecular weight is 511 g/mol. The maximum atomic E-state index is 13.5. The molecule has 3 aromatic carbocycles. The van der Waals surface area contributed by atoms with E-state index in [4.69, 9.17) is 5.11 Å². The van der Waals surface area contributed by atoms with Crippen molar-refractivity contribution in [3.05, 3.63) is 115 Å². The van der Waals surface area contributed by atoms with Gasteiger partial charge in [0.05, 0.1) is 23.0 Å². The lowest BCUT2D eigenvalue weighted by Crippen LogP contribution is -2.40. The van der Waals surface area contributed by atoms with Crippen LogP contribution in [0.3, 0.4) is 0 Å². The van der Waals surface area contributed by atoms with Crippen LogP contribution in [-0.4, -0.2) is 26.6 Å². The summed E-state index contributed by atoms with van der Waals surface area (Å²) in [6, 6.07) is 15.0. The Kier molecular flexibility index (Phi) is 7.18. The third-order valence-corrected chi connectivity index (χ3v) is 6.34. The topological polar surface area (TPSA) is 81.3 Å². The molecule has 192 valence electrons. The van der Waals surface area contributed by atoms with E-state index in [0.29, 0.717) is 33.2 Å². The van der Waals surface area contributed by atoms with E-state index in [9.17, 15) is 27.6 Å². The fraction of sp³-hybridized carbons (Fsp3) is 0.250. The molecule has 37 heavy (non-hydrogen) atoms. The lowest BCUT2D eigenvalue weighted by Gasteiger charge is -2.16. The van der Waals surface area contributed by atoms with E-state index in [1.54, 1.807) is 43.3 Å². The summed E-state index contributed by atoms with van der Waals surface area (Å²) in [4.78, 5) is 38.7. The second kappa shape index (κ2) is 10.2. The van der Waals surface area contributed by atoms with Gasteiger partial charge in [-0.3, -0.25) is 18.7 Å². The number of hydrogen-bond acceptors (Lipinski definition) is 4. The summed E-state index contributed by atoms with van der Waals surface area (Å²) in [6.07, 6.45) is -4.43. The fourth-order valence-electron chi connectivity index (χ4n) is 4.43. The van der Waals surface area contributed by atoms with Crippen molar-refractivity contribution >= 4 is 16.7 Å². The van der Waals surface area contributed by atoms with Crippen molar-refractivity contribution in [1.29, 1.82) is 0 Å². The molecule has 1 N–H and O–H groups in total. The lowest BCUT2D eigenvalue weighted by atomic mass is 10.0. The van der Waals surface area contributed by atoms with Crippen molar-refractivity contribution in [3.63, 3.8) is 0 Å². The van der Waals surface area contributed by atoms with Gasteiger partial charge in [0.1, 0.15) is 6.61 Å². The maximum Gasteiger partial charge on any atom is 0.416 e. The van der Waals surface area contributed by atoms with Crippen molar-refractivity contribution in [2.24, 2.45) is 0 Å². The number of Topliss-reactive ketones (excluding diaryl/α,β-unsaturated/α-hetero) is 1. The van der Waals surface area contributed by atoms with Gasteiger partial charge in [0.25, 0.3) is 5.56 Å². The first kappa shape index (κ1) is 26.1. The van der Waals surface area contributed by atoms with Crippen LogP contribution in [0.25, 0.3) is 10.9 Å². The first-order valence-electron chi connectivity index (χ1n) is 11.6. The van der Waals surface area contributed by atoms with Crippen molar-refractivity contribution in [2.45, 2.75) is 39.5 Å². The number of aryl methyl sites for hydroxylation is 3. The molecule has 0 aliphatic rings. The zero-order chi connectivity index (χ0) is 26.9. The van der Waals surface area contributed by atoms with Crippen LogP contribution in [0.2, 0.25) is 0 Å². The molecule has 1 heterocycles. The third-order valence-electron chi connectivity index (χ3n) is 6.34. The summed E-state index contributed by atoms with van der Waals surface area (Å²) in [5, 5.41) is 9.48. The van der Waals surface area contributed by atoms with Crippen LogP contribution in [0.15, 0.2) is 70.3 Å². The first-order valence-corrected chi connectivity index (χ1v) is 11.6. The normalized spacial score (nSPS) is 11.7. The summed E-state index contributed by atoms with van der Waals surface area (Å²) in [6.45, 7) is 2.98. The molecule has 0 amide bonds. The number of benzene rings is 3. The Morgan fingerprint density at radius 1 is 0.919 bits per heavy atom. The highest BCUT2D eigenvalue weighted by molar-refractivity contribution is 5.98. The molecule has 0 radical (unpaired) electrons. The molecule has 0 aliphatic carbocycles. The molecule has 9 heteroatoms. The second-order valence-corrected chi connectivity index (χ2v) is 9.02. The molecule has 0 unspecified atom stereocenters. The van der Waals surface area contributed by atoms with Crippen LogP contribution < -0.4 is 11.2 Å². The summed E-state index contributed by atoms with van der Waals surface area (Å²) >= 11 is 0. The molecule has 0 saturated carbocycles. The molecule has 0 atom stereocenters. The third kappa shape index (κ3) is 5.41. The summed E-state index contributed by atoms with van der Waals surface area (Å²) in [5.41, 5.74) is 1.50. The van der Waals surface area contributed by atoms with E-state index >= 15 is 0 Å². The second-order valence-electron chi connectivity index (χ2n) is 9.02. The van der Waals surface area contributed by atoms with E-state index in [1.165, 1.54) is 16.7 Å². The first-order chi connectivity index (χ1) is 17.5. The van der Waals surface area contributed by atoms with Gasteiger partial charge in [0.15, 0.2) is 5.78 Å². The number of carbonyl (C=O) groups is 1. The van der Waals surface area contributed by atoms with E-state index in [-0.39, 0.29) is 19.5 Å². The standard InChI is InChI=1S/C28H25F3N2O4/c1-17-6-8-23-24(12-17)33(15-20-7-9-22(18(2)13-20)25(35)16-34)27(37)32(26(23)36)11-10-19-4-3-5-21(14-19)28(29,30)31/h3-9,12-14,34H,10-11,15-16H2,1-2H3. The minimum absolute atomic E-state index is 0.0630. The Balaban J connectivity index is 1.77. The van der Waals surface area contributed by atoms with Gasteiger partial charge in [-0.15, -0.1) is 0 Å². The van der Waals surface area contributed by atoms with Crippen molar-refractivity contribution in [2.75, 3.05) is 6.61 Å². The number of ketones is 1. The van der Waals surface area contributed by atoms with Crippen LogP contribution in [0.5, 0.6) is 0 Å². The molecular weight excluding hydrogens is 485 g/mol. The zero-order valence-electron chi connectivity index (χ0n) is 20.3. The van der Waals surface area contributed by atoms with Crippen LogP contribution in [0, 0.1) is 13.8 Å². The van der Waals surface area contributed by atoms with Gasteiger partial charge in [0.2, 0.25) is 0 Å². The van der Waals surface area contributed by atoms with Crippen molar-refractivity contribution in [1.82, 2.24) is 9.13 Å². The summed E-state index contributed by atoms with van der Waals surface area (Å²) in [7, 11) is 0. The van der Waals surface area contributed by atoms with Crippen LogP contribution >= 0.6 is 0 Å². The minimum Gasteiger partial charge on any atom is -0.388 e. The molecular formula is C28H25F3N2O4. The molecule has 6 nitrogen and oxygen atoms in total. The van der Waals surface area contributed by atoms with E-state index in [2.05, 4.69) is 0 Å². The number of alkyl halides is 3. The maximum absolute atomic E-state index is 13.5. The van der Waals surface area contributed by atoms with E-state index in [1.807, 2.05) is 6.92 Å². The van der Waals surface area contributed by atoms with Crippen LogP contribution in [0.4, 0.5) is 13.2 Å². The van der Waals surface area contributed by atoms with Crippen LogP contribution in [0.1, 0.15) is 38.2 Å². The van der Waals surface area contributed by atoms with Crippen LogP contribution in [-0.2, 0) is 25.7 Å². The Morgan fingerprint density at radius 2 is 1.68 bits per heavy atom. The van der Waals surface area contributed by atoms with E-state index in [0.717, 1.165) is 22.3 Å². The van der Waals surface area contributed by atoms with Crippen molar-refractivity contribution in [3.8, 4) is 0 Å². The largest absolute Gasteiger partial charge is 0.416 e. The van der Waals surface area contributed by atoms with Gasteiger partial charge in [-0.25, -0.2) is 4.79 Å². The Bertz CT molecular complexity index is 1620. The summed E-state index contributed by atoms with van der Waals surface area (Å²) in [5.74, 6) is -0.412. The van der Waals surface area contributed by atoms with Gasteiger partial charge >= 0.3 is 11.9 Å². The monoisotopic (exact) mass is 510 g/mol. The van der Waals surface area contributed by atoms with Gasteiger partial charge < -0.3 is 5.11 Å². The molecule has 4 rings (SSSR count). The molecule has 0 aliphatic heterocycles. The lowest BCUT2D eigenvalue weighted by molar-refractivity contribution is -0.137. The molecule has 1 aromatic heterocycles. The van der Waals surface area contributed by atoms with Gasteiger partial charge in [-0.05, 0) is 60.7 Å². The summed E-state index contributed by atoms with van der Waals surface area (Å²) < 4.78 is 41.8. The fourth-order valence-corrected chi connectivity index (χ4v) is 4.43. The number of fused-ring (bicyclic) bond motifs is 1. The highest BCUT2D eigenvalue weighted by Gasteiger charge is 2.30. The van der Waals surface area contributed by atoms with Crippen molar-refractivity contribution < 1.29 is 23.1 Å². The Labute approximate surface area is 210 Å². The number of hydrogen-bond donors (Lipinski definition) is 1. The number of nitrogens with zero attached hydrogens (tertiary/aromatic N) is 2. The number of rotatable bonds is 7. The number of aliphatic hydroxyl groups is 1. The predicted molar refractivity (Wildman–Crippen MR) is 134 cm³/mol. The zero-order valence-corrected chi connectivity index (χ0v) is 20.3. The number of carbonyl (C=O) groups excluding carboxylic acids is 1. The quantitative estimate of drug-likeness (QED) is 0.377. The minimum atomic E-state index is -4.49. The molecule has 0 fully saturated rings. The SMILES string of the molecule is Cc1ccc2c(=O)n(CCc3cccc(C(F)(F)F)c3)c(=O)n(Cc3ccc(C(=O)CO)c(C)c3)c2c1. The molecule has 0 spiro atoms. The number of halogens is 3. The number of aliphatic hydroxyl groups excluding tert-OH is 1. The van der Waals surface area contributed by atoms with Gasteiger partial charge in [-0.1, -0.05) is 42.5 Å². The van der Waals surface area contributed by atoms with Gasteiger partial charge in [0, 0.05) is 12.1 Å². The smallest absolute Gasteiger partial charge is 0.388 e. The Hall–Kier alpha value is -3.98. The highest BCUT2D eigenvalue weighted by atomic mass is 19.4. The highest BCUT2D eigenvalue weighted by Crippen LogP contribution is 2.29. The van der Waals surface area contributed by atoms with E-state index < -0.39 is 35.4 Å². The van der Waals surface area contributed by atoms with Gasteiger partial charge in [-0.2, -0.15) is 13.2 Å². The number of aromatic nitrogens is 2. The molecule has 4 aromatic rings. The average Bonchev–Trinajstić information content (AvgIpc) is 2.85. The Morgan fingerprint density at radius 3 is 2.35 bits per heavy atom.